The fourth-order valence-electron chi connectivity index (χ4n) is 2.84. The van der Waals surface area contributed by atoms with Gasteiger partial charge in [-0.15, -0.1) is 0 Å². The summed E-state index contributed by atoms with van der Waals surface area (Å²) < 4.78 is 44.9. The molecule has 0 N–H and O–H groups in total. The molecule has 0 aromatic heterocycles. The standard InChI is InChI=1S/C17H24BF3IN2O2/c1-12-13(11-18(19,20)21)9-14(10-15(12)22)23-5-7-24(8-6-23)16(25)26-17(2,3)4/h9-10H,5-8,11H2,1-4H3/q-1. The van der Waals surface area contributed by atoms with Gasteiger partial charge in [-0.05, 0) is 68.0 Å². The third-order valence-corrected chi connectivity index (χ3v) is 5.30. The summed E-state index contributed by atoms with van der Waals surface area (Å²) in [6.07, 6.45) is -1.22. The van der Waals surface area contributed by atoms with Crippen molar-refractivity contribution in [3.8, 4) is 0 Å². The van der Waals surface area contributed by atoms with E-state index in [-0.39, 0.29) is 6.09 Å². The van der Waals surface area contributed by atoms with Crippen molar-refractivity contribution in [2.24, 2.45) is 0 Å². The van der Waals surface area contributed by atoms with Crippen molar-refractivity contribution in [3.63, 3.8) is 0 Å². The van der Waals surface area contributed by atoms with Gasteiger partial charge in [0, 0.05) is 35.4 Å². The summed E-state index contributed by atoms with van der Waals surface area (Å²) in [5.41, 5.74) is 1.24. The topological polar surface area (TPSA) is 32.8 Å². The molecular formula is C17H24BF3IN2O2-. The quantitative estimate of drug-likeness (QED) is 0.466. The Labute approximate surface area is 166 Å². The van der Waals surface area contributed by atoms with Crippen LogP contribution in [0.2, 0.25) is 0 Å². The van der Waals surface area contributed by atoms with Crippen LogP contribution in [0.4, 0.5) is 23.4 Å². The lowest BCUT2D eigenvalue weighted by Gasteiger charge is -2.37. The molecule has 1 amide bonds. The molecule has 4 nitrogen and oxygen atoms in total. The van der Waals surface area contributed by atoms with Gasteiger partial charge in [-0.3, -0.25) is 0 Å². The third-order valence-electron chi connectivity index (χ3n) is 4.18. The summed E-state index contributed by atoms with van der Waals surface area (Å²) in [7, 11) is 0. The zero-order chi connectivity index (χ0) is 19.7. The molecule has 0 saturated carbocycles. The Kier molecular flexibility index (Phi) is 6.40. The highest BCUT2D eigenvalue weighted by molar-refractivity contribution is 14.1. The Bertz CT molecular complexity index is 669. The van der Waals surface area contributed by atoms with Crippen LogP contribution in [0.1, 0.15) is 31.9 Å². The average Bonchev–Trinajstić information content (AvgIpc) is 2.49. The molecule has 0 bridgehead atoms. The fraction of sp³-hybridized carbons (Fsp3) is 0.588. The van der Waals surface area contributed by atoms with E-state index >= 15 is 0 Å². The van der Waals surface area contributed by atoms with E-state index in [1.807, 2.05) is 31.7 Å². The second kappa shape index (κ2) is 7.86. The second-order valence-electron chi connectivity index (χ2n) is 7.58. The number of anilines is 1. The van der Waals surface area contributed by atoms with E-state index in [1.54, 1.807) is 17.9 Å². The maximum atomic E-state index is 12.9. The molecule has 1 aliphatic rings. The Hall–Kier alpha value is -1.13. The summed E-state index contributed by atoms with van der Waals surface area (Å²) in [6, 6.07) is 3.54. The van der Waals surface area contributed by atoms with Gasteiger partial charge < -0.3 is 27.5 Å². The molecule has 0 radical (unpaired) electrons. The van der Waals surface area contributed by atoms with Gasteiger partial charge in [0.25, 0.3) is 0 Å². The van der Waals surface area contributed by atoms with Gasteiger partial charge in [-0.2, -0.15) is 0 Å². The summed E-state index contributed by atoms with van der Waals surface area (Å²) in [5.74, 6) is 0. The molecule has 2 rings (SSSR count). The van der Waals surface area contributed by atoms with Crippen molar-refractivity contribution in [3.05, 3.63) is 26.8 Å². The van der Waals surface area contributed by atoms with E-state index in [1.165, 1.54) is 0 Å². The Morgan fingerprint density at radius 2 is 1.77 bits per heavy atom. The van der Waals surface area contributed by atoms with E-state index in [0.717, 1.165) is 9.26 Å². The van der Waals surface area contributed by atoms with Crippen LogP contribution in [0.15, 0.2) is 12.1 Å². The van der Waals surface area contributed by atoms with Crippen LogP contribution >= 0.6 is 22.6 Å². The maximum Gasteiger partial charge on any atom is 0.482 e. The zero-order valence-corrected chi connectivity index (χ0v) is 17.6. The van der Waals surface area contributed by atoms with E-state index in [0.29, 0.717) is 37.3 Å². The lowest BCUT2D eigenvalue weighted by atomic mass is 9.80. The summed E-state index contributed by atoms with van der Waals surface area (Å²) in [5, 5.41) is 0. The van der Waals surface area contributed by atoms with Crippen molar-refractivity contribution in [1.82, 2.24) is 4.90 Å². The Balaban J connectivity index is 2.08. The molecule has 1 heterocycles. The summed E-state index contributed by atoms with van der Waals surface area (Å²) in [4.78, 5) is 15.8. The van der Waals surface area contributed by atoms with Crippen molar-refractivity contribution >= 4 is 41.3 Å². The Morgan fingerprint density at radius 3 is 2.27 bits per heavy atom. The number of carbonyl (C=O) groups is 1. The predicted octanol–water partition coefficient (Wildman–Crippen LogP) is 4.59. The highest BCUT2D eigenvalue weighted by Gasteiger charge is 2.28. The van der Waals surface area contributed by atoms with E-state index in [9.17, 15) is 17.7 Å². The number of halogens is 4. The molecule has 9 heteroatoms. The van der Waals surface area contributed by atoms with Gasteiger partial charge in [0.1, 0.15) is 5.60 Å². The number of rotatable bonds is 3. The first-order valence-electron chi connectivity index (χ1n) is 8.58. The van der Waals surface area contributed by atoms with Gasteiger partial charge in [-0.25, -0.2) is 4.79 Å². The molecule has 1 fully saturated rings. The molecule has 1 aromatic carbocycles. The van der Waals surface area contributed by atoms with Gasteiger partial charge in [0.05, 0.1) is 0 Å². The number of benzene rings is 1. The highest BCUT2D eigenvalue weighted by atomic mass is 127. The number of amides is 1. The first-order valence-corrected chi connectivity index (χ1v) is 9.66. The minimum atomic E-state index is -4.88. The van der Waals surface area contributed by atoms with Gasteiger partial charge in [0.15, 0.2) is 0 Å². The van der Waals surface area contributed by atoms with Gasteiger partial charge in [0.2, 0.25) is 0 Å². The Morgan fingerprint density at radius 1 is 1.19 bits per heavy atom. The molecule has 1 aromatic rings. The first-order chi connectivity index (χ1) is 11.9. The molecule has 1 aliphatic heterocycles. The van der Waals surface area contributed by atoms with Gasteiger partial charge in [-0.1, -0.05) is 11.9 Å². The monoisotopic (exact) mass is 483 g/mol. The number of carbonyl (C=O) groups excluding carboxylic acids is 1. The number of nitrogens with zero attached hydrogens (tertiary/aromatic N) is 2. The molecule has 0 atom stereocenters. The van der Waals surface area contributed by atoms with Crippen LogP contribution in [-0.2, 0) is 11.1 Å². The summed E-state index contributed by atoms with van der Waals surface area (Å²) >= 11 is 2.08. The normalized spacial score (nSPS) is 16.0. The third kappa shape index (κ3) is 5.95. The van der Waals surface area contributed by atoms with Crippen LogP contribution in [0.3, 0.4) is 0 Å². The lowest BCUT2D eigenvalue weighted by molar-refractivity contribution is 0.0240. The van der Waals surface area contributed by atoms with E-state index < -0.39 is 18.9 Å². The molecule has 26 heavy (non-hydrogen) atoms. The second-order valence-corrected chi connectivity index (χ2v) is 8.74. The van der Waals surface area contributed by atoms with Gasteiger partial charge >= 0.3 is 13.1 Å². The molecule has 146 valence electrons. The van der Waals surface area contributed by atoms with Crippen molar-refractivity contribution in [2.75, 3.05) is 31.1 Å². The van der Waals surface area contributed by atoms with Crippen molar-refractivity contribution in [2.45, 2.75) is 39.6 Å². The number of piperazine rings is 1. The predicted molar refractivity (Wildman–Crippen MR) is 107 cm³/mol. The SMILES string of the molecule is Cc1c(I)cc(N2CCN(C(=O)OC(C)(C)C)CC2)cc1C[B-](F)(F)F. The van der Waals surface area contributed by atoms with Crippen molar-refractivity contribution in [1.29, 1.82) is 0 Å². The van der Waals surface area contributed by atoms with Crippen LogP contribution in [0.25, 0.3) is 0 Å². The fourth-order valence-corrected chi connectivity index (χ4v) is 3.50. The maximum absolute atomic E-state index is 12.9. The number of hydrogen-bond donors (Lipinski definition) is 0. The van der Waals surface area contributed by atoms with Crippen LogP contribution in [-0.4, -0.2) is 49.8 Å². The summed E-state index contributed by atoms with van der Waals surface area (Å²) in [6.45, 7) is 4.40. The highest BCUT2D eigenvalue weighted by Crippen LogP contribution is 2.29. The minimum absolute atomic E-state index is 0.328. The van der Waals surface area contributed by atoms with Crippen LogP contribution in [0, 0.1) is 10.5 Å². The smallest absolute Gasteiger partial charge is 0.449 e. The van der Waals surface area contributed by atoms with Crippen LogP contribution in [0.5, 0.6) is 0 Å². The minimum Gasteiger partial charge on any atom is -0.449 e. The molecular weight excluding hydrogens is 459 g/mol. The molecule has 0 spiro atoms. The zero-order valence-electron chi connectivity index (χ0n) is 15.5. The van der Waals surface area contributed by atoms with E-state index in [4.69, 9.17) is 4.74 Å². The molecule has 0 unspecified atom stereocenters. The van der Waals surface area contributed by atoms with Crippen molar-refractivity contribution < 1.29 is 22.5 Å². The number of ether oxygens (including phenoxy) is 1. The first kappa shape index (κ1) is 21.2. The number of hydrogen-bond acceptors (Lipinski definition) is 3. The largest absolute Gasteiger partial charge is 0.482 e. The van der Waals surface area contributed by atoms with E-state index in [2.05, 4.69) is 22.6 Å². The molecule has 1 saturated heterocycles. The lowest BCUT2D eigenvalue weighted by Crippen LogP contribution is -2.50. The molecule has 0 aliphatic carbocycles. The van der Waals surface area contributed by atoms with Crippen LogP contribution < -0.4 is 4.90 Å². The average molecular weight is 483 g/mol.